The molecule has 5 nitrogen and oxygen atoms in total. The fourth-order valence-electron chi connectivity index (χ4n) is 3.03. The molecular weight excluding hydrogens is 374 g/mol. The summed E-state index contributed by atoms with van der Waals surface area (Å²) in [5.41, 5.74) is 5.22. The number of rotatable bonds is 8. The van der Waals surface area contributed by atoms with E-state index in [2.05, 4.69) is 16.0 Å². The maximum Gasteiger partial charge on any atom is 0.315 e. The smallest absolute Gasteiger partial charge is 0.315 e. The highest BCUT2D eigenvalue weighted by atomic mass is 16.2. The van der Waals surface area contributed by atoms with Crippen LogP contribution in [0, 0.1) is 6.92 Å². The minimum atomic E-state index is -0.211. The summed E-state index contributed by atoms with van der Waals surface area (Å²) in [5.74, 6) is -0.0137. The van der Waals surface area contributed by atoms with Crippen molar-refractivity contribution in [3.8, 4) is 0 Å². The first-order valence-corrected chi connectivity index (χ1v) is 10.0. The van der Waals surface area contributed by atoms with Crippen LogP contribution in [0.4, 0.5) is 4.79 Å². The van der Waals surface area contributed by atoms with Crippen LogP contribution in [0.1, 0.15) is 27.8 Å². The Morgan fingerprint density at radius 1 is 0.633 bits per heavy atom. The number of amides is 3. The van der Waals surface area contributed by atoms with Crippen LogP contribution in [-0.4, -0.2) is 11.9 Å². The van der Waals surface area contributed by atoms with E-state index in [-0.39, 0.29) is 11.9 Å². The third-order valence-electron chi connectivity index (χ3n) is 4.72. The Balaban J connectivity index is 1.41. The summed E-state index contributed by atoms with van der Waals surface area (Å²) in [6.07, 6.45) is 0.364. The van der Waals surface area contributed by atoms with Crippen molar-refractivity contribution in [3.63, 3.8) is 0 Å². The van der Waals surface area contributed by atoms with E-state index in [0.717, 1.165) is 22.3 Å². The van der Waals surface area contributed by atoms with Gasteiger partial charge >= 0.3 is 6.03 Å². The van der Waals surface area contributed by atoms with Crippen LogP contribution >= 0.6 is 0 Å². The number of aryl methyl sites for hydroxylation is 1. The summed E-state index contributed by atoms with van der Waals surface area (Å²) in [6.45, 7) is 3.40. The molecule has 0 heterocycles. The van der Waals surface area contributed by atoms with E-state index in [1.165, 1.54) is 5.56 Å². The summed E-state index contributed by atoms with van der Waals surface area (Å²) < 4.78 is 0. The quantitative estimate of drug-likeness (QED) is 0.537. The van der Waals surface area contributed by atoms with Crippen LogP contribution in [0.3, 0.4) is 0 Å². The molecule has 0 aromatic heterocycles. The first-order chi connectivity index (χ1) is 14.6. The molecule has 0 bridgehead atoms. The zero-order chi connectivity index (χ0) is 21.2. The van der Waals surface area contributed by atoms with Gasteiger partial charge in [0.15, 0.2) is 0 Å². The monoisotopic (exact) mass is 401 g/mol. The average Bonchev–Trinajstić information content (AvgIpc) is 2.77. The number of carbonyl (C=O) groups excluding carboxylic acids is 2. The second-order valence-corrected chi connectivity index (χ2v) is 7.28. The van der Waals surface area contributed by atoms with Gasteiger partial charge in [0.1, 0.15) is 0 Å². The lowest BCUT2D eigenvalue weighted by atomic mass is 10.1. The van der Waals surface area contributed by atoms with Crippen molar-refractivity contribution >= 4 is 11.9 Å². The molecule has 0 aliphatic carbocycles. The summed E-state index contributed by atoms with van der Waals surface area (Å²) >= 11 is 0. The first kappa shape index (κ1) is 21.1. The third-order valence-corrected chi connectivity index (χ3v) is 4.72. The minimum absolute atomic E-state index is 0.0137. The Hall–Kier alpha value is -3.60. The van der Waals surface area contributed by atoms with Gasteiger partial charge in [0, 0.05) is 19.6 Å². The molecule has 0 aliphatic heterocycles. The molecule has 0 radical (unpaired) electrons. The van der Waals surface area contributed by atoms with Crippen molar-refractivity contribution in [1.82, 2.24) is 16.0 Å². The molecule has 0 aliphatic rings. The van der Waals surface area contributed by atoms with Crippen molar-refractivity contribution in [2.45, 2.75) is 33.0 Å². The van der Waals surface area contributed by atoms with Crippen LogP contribution in [0.15, 0.2) is 78.9 Å². The SMILES string of the molecule is Cc1ccc(CNC(=O)NCc2cccc(CNC(=O)Cc3ccccc3)c2)cc1. The molecule has 3 amide bonds. The second kappa shape index (κ2) is 10.8. The molecular formula is C25H27N3O2. The summed E-state index contributed by atoms with van der Waals surface area (Å²) in [4.78, 5) is 24.2. The van der Waals surface area contributed by atoms with Crippen LogP contribution in [0.25, 0.3) is 0 Å². The van der Waals surface area contributed by atoms with Crippen molar-refractivity contribution in [1.29, 1.82) is 0 Å². The van der Waals surface area contributed by atoms with E-state index in [0.29, 0.717) is 26.1 Å². The van der Waals surface area contributed by atoms with Gasteiger partial charge in [-0.05, 0) is 29.2 Å². The van der Waals surface area contributed by atoms with Gasteiger partial charge in [-0.1, -0.05) is 84.4 Å². The van der Waals surface area contributed by atoms with Crippen molar-refractivity contribution in [3.05, 3.63) is 107 Å². The first-order valence-electron chi connectivity index (χ1n) is 10.0. The second-order valence-electron chi connectivity index (χ2n) is 7.28. The number of carbonyl (C=O) groups is 2. The molecule has 3 aromatic carbocycles. The molecule has 0 saturated heterocycles. The van der Waals surface area contributed by atoms with Crippen molar-refractivity contribution < 1.29 is 9.59 Å². The van der Waals surface area contributed by atoms with Crippen LogP contribution in [-0.2, 0) is 30.8 Å². The van der Waals surface area contributed by atoms with E-state index in [4.69, 9.17) is 0 Å². The predicted molar refractivity (Wildman–Crippen MR) is 119 cm³/mol. The summed E-state index contributed by atoms with van der Waals surface area (Å²) in [6, 6.07) is 25.4. The van der Waals surface area contributed by atoms with Gasteiger partial charge in [-0.15, -0.1) is 0 Å². The number of benzene rings is 3. The highest BCUT2D eigenvalue weighted by Gasteiger charge is 2.05. The lowest BCUT2D eigenvalue weighted by molar-refractivity contribution is -0.120. The molecule has 0 unspecified atom stereocenters. The fraction of sp³-hybridized carbons (Fsp3) is 0.200. The standard InChI is InChI=1S/C25H27N3O2/c1-19-10-12-21(13-11-19)16-27-25(30)28-18-23-9-5-8-22(14-23)17-26-24(29)15-20-6-3-2-4-7-20/h2-14H,15-18H2,1H3,(H,26,29)(H2,27,28,30). The topological polar surface area (TPSA) is 70.2 Å². The van der Waals surface area contributed by atoms with Gasteiger partial charge in [-0.3, -0.25) is 4.79 Å². The van der Waals surface area contributed by atoms with Gasteiger partial charge in [0.2, 0.25) is 5.91 Å². The van der Waals surface area contributed by atoms with Crippen molar-refractivity contribution in [2.75, 3.05) is 0 Å². The molecule has 5 heteroatoms. The molecule has 0 fully saturated rings. The molecule has 0 spiro atoms. The largest absolute Gasteiger partial charge is 0.352 e. The molecule has 154 valence electrons. The third kappa shape index (κ3) is 7.09. The number of hydrogen-bond acceptors (Lipinski definition) is 2. The van der Waals surface area contributed by atoms with E-state index in [1.54, 1.807) is 0 Å². The maximum absolute atomic E-state index is 12.1. The average molecular weight is 402 g/mol. The Labute approximate surface area is 177 Å². The maximum atomic E-state index is 12.1. The molecule has 30 heavy (non-hydrogen) atoms. The van der Waals surface area contributed by atoms with Gasteiger partial charge in [-0.2, -0.15) is 0 Å². The fourth-order valence-corrected chi connectivity index (χ4v) is 3.03. The van der Waals surface area contributed by atoms with Gasteiger partial charge in [0.25, 0.3) is 0 Å². The summed E-state index contributed by atoms with van der Waals surface area (Å²) in [5, 5.41) is 8.67. The molecule has 0 atom stereocenters. The van der Waals surface area contributed by atoms with Gasteiger partial charge < -0.3 is 16.0 Å². The number of urea groups is 1. The minimum Gasteiger partial charge on any atom is -0.352 e. The number of hydrogen-bond donors (Lipinski definition) is 3. The van der Waals surface area contributed by atoms with Gasteiger partial charge in [0.05, 0.1) is 6.42 Å². The zero-order valence-corrected chi connectivity index (χ0v) is 17.2. The van der Waals surface area contributed by atoms with Gasteiger partial charge in [-0.25, -0.2) is 4.79 Å². The molecule has 0 saturated carbocycles. The Kier molecular flexibility index (Phi) is 7.61. The molecule has 3 rings (SSSR count). The van der Waals surface area contributed by atoms with E-state index < -0.39 is 0 Å². The highest BCUT2D eigenvalue weighted by molar-refractivity contribution is 5.78. The Morgan fingerprint density at radius 3 is 1.87 bits per heavy atom. The Morgan fingerprint density at radius 2 is 1.20 bits per heavy atom. The van der Waals surface area contributed by atoms with Crippen LogP contribution in [0.2, 0.25) is 0 Å². The van der Waals surface area contributed by atoms with Crippen LogP contribution < -0.4 is 16.0 Å². The normalized spacial score (nSPS) is 10.3. The van der Waals surface area contributed by atoms with Crippen molar-refractivity contribution in [2.24, 2.45) is 0 Å². The zero-order valence-electron chi connectivity index (χ0n) is 17.2. The molecule has 3 N–H and O–H groups in total. The van der Waals surface area contributed by atoms with E-state index in [9.17, 15) is 9.59 Å². The van der Waals surface area contributed by atoms with Crippen LogP contribution in [0.5, 0.6) is 0 Å². The number of nitrogens with one attached hydrogen (secondary N) is 3. The lowest BCUT2D eigenvalue weighted by Crippen LogP contribution is -2.34. The van der Waals surface area contributed by atoms with E-state index in [1.807, 2.05) is 85.8 Å². The molecule has 3 aromatic rings. The highest BCUT2D eigenvalue weighted by Crippen LogP contribution is 2.06. The predicted octanol–water partition coefficient (Wildman–Crippen LogP) is 3.85. The summed E-state index contributed by atoms with van der Waals surface area (Å²) in [7, 11) is 0. The lowest BCUT2D eigenvalue weighted by Gasteiger charge is -2.10. The van der Waals surface area contributed by atoms with E-state index >= 15 is 0 Å². The Bertz CT molecular complexity index is 969.